The Morgan fingerprint density at radius 2 is 1.75 bits per heavy atom. The maximum atomic E-state index is 13.6. The van der Waals surface area contributed by atoms with Crippen molar-refractivity contribution in [3.63, 3.8) is 0 Å². The Morgan fingerprint density at radius 3 is 2.38 bits per heavy atom. The molecule has 48 heavy (non-hydrogen) atoms. The summed E-state index contributed by atoms with van der Waals surface area (Å²) in [5, 5.41) is 59.9. The fraction of sp³-hybridized carbons (Fsp3) is 0.541. The lowest BCUT2D eigenvalue weighted by Crippen LogP contribution is -2.76. The van der Waals surface area contributed by atoms with Crippen LogP contribution in [0.1, 0.15) is 63.7 Å². The number of ether oxygens (including phenoxy) is 3. The largest absolute Gasteiger partial charge is 0.455 e. The van der Waals surface area contributed by atoms with Gasteiger partial charge in [0.15, 0.2) is 17.0 Å². The molecule has 0 bridgehead atoms. The van der Waals surface area contributed by atoms with Crippen molar-refractivity contribution in [2.24, 2.45) is 17.8 Å². The third kappa shape index (κ3) is 5.32. The van der Waals surface area contributed by atoms with Gasteiger partial charge in [-0.15, -0.1) is 0 Å². The average Bonchev–Trinajstić information content (AvgIpc) is 3.76. The summed E-state index contributed by atoms with van der Waals surface area (Å²) in [6, 6.07) is 7.94. The Hall–Kier alpha value is -3.45. The van der Waals surface area contributed by atoms with E-state index in [9.17, 15) is 39.9 Å². The van der Waals surface area contributed by atoms with E-state index in [1.165, 1.54) is 45.1 Å². The quantitative estimate of drug-likeness (QED) is 0.0584. The van der Waals surface area contributed by atoms with Gasteiger partial charge in [-0.05, 0) is 50.0 Å². The number of allylic oxidation sites excluding steroid dienone is 3. The topological polar surface area (TPSA) is 183 Å². The van der Waals surface area contributed by atoms with E-state index in [1.54, 1.807) is 24.3 Å². The Morgan fingerprint density at radius 1 is 1.06 bits per heavy atom. The summed E-state index contributed by atoms with van der Waals surface area (Å²) < 4.78 is 17.8. The molecule has 4 aliphatic rings. The number of epoxide rings is 1. The molecule has 3 fully saturated rings. The number of fused-ring (bicyclic) bond motifs is 5. The molecule has 1 aromatic carbocycles. The van der Waals surface area contributed by atoms with Crippen molar-refractivity contribution in [2.75, 3.05) is 6.61 Å². The summed E-state index contributed by atoms with van der Waals surface area (Å²) in [6.07, 6.45) is 4.69. The van der Waals surface area contributed by atoms with Crippen molar-refractivity contribution in [3.05, 3.63) is 84.0 Å². The number of aliphatic hydroxyl groups is 5. The Balaban J connectivity index is 1.65. The maximum absolute atomic E-state index is 13.6. The summed E-state index contributed by atoms with van der Waals surface area (Å²) in [6.45, 7) is 9.53. The van der Waals surface area contributed by atoms with Gasteiger partial charge in [-0.25, -0.2) is 9.59 Å². The first-order chi connectivity index (χ1) is 22.7. The van der Waals surface area contributed by atoms with Crippen LogP contribution < -0.4 is 0 Å². The molecular weight excluding hydrogens is 620 g/mol. The van der Waals surface area contributed by atoms with Crippen LogP contribution in [0.3, 0.4) is 0 Å². The zero-order valence-corrected chi connectivity index (χ0v) is 27.7. The summed E-state index contributed by atoms with van der Waals surface area (Å²) in [7, 11) is 0. The summed E-state index contributed by atoms with van der Waals surface area (Å²) in [5.41, 5.74) is -9.14. The number of carbonyl (C=O) groups excluding carboxylic acids is 3. The summed E-state index contributed by atoms with van der Waals surface area (Å²) in [4.78, 5) is 40.5. The number of Topliss-reactive ketones (excluding diaryl/α,β-unsaturated/α-hetero) is 1. The molecule has 1 saturated heterocycles. The van der Waals surface area contributed by atoms with E-state index in [0.29, 0.717) is 0 Å². The van der Waals surface area contributed by atoms with Gasteiger partial charge in [-0.3, -0.25) is 4.79 Å². The highest BCUT2D eigenvalue weighted by molar-refractivity contribution is 6.05. The van der Waals surface area contributed by atoms with Crippen molar-refractivity contribution >= 4 is 17.7 Å². The number of carbonyl (C=O) groups is 3. The molecule has 1 aliphatic heterocycles. The number of ketones is 1. The Bertz CT molecular complexity index is 1530. The lowest BCUT2D eigenvalue weighted by Gasteiger charge is -2.59. The molecule has 0 amide bonds. The summed E-state index contributed by atoms with van der Waals surface area (Å²) in [5.74, 6) is -7.00. The minimum atomic E-state index is -2.68. The van der Waals surface area contributed by atoms with Gasteiger partial charge in [0.2, 0.25) is 0 Å². The van der Waals surface area contributed by atoms with Gasteiger partial charge >= 0.3 is 11.9 Å². The summed E-state index contributed by atoms with van der Waals surface area (Å²) >= 11 is 0. The number of hydrogen-bond acceptors (Lipinski definition) is 11. The predicted molar refractivity (Wildman–Crippen MR) is 173 cm³/mol. The predicted octanol–water partition coefficient (Wildman–Crippen LogP) is 2.50. The molecule has 260 valence electrons. The highest BCUT2D eigenvalue weighted by atomic mass is 16.6. The molecule has 11 nitrogen and oxygen atoms in total. The first-order valence-electron chi connectivity index (χ1n) is 16.5. The lowest BCUT2D eigenvalue weighted by atomic mass is 9.53. The van der Waals surface area contributed by atoms with Gasteiger partial charge in [0.1, 0.15) is 30.0 Å². The van der Waals surface area contributed by atoms with Crippen LogP contribution in [-0.2, 0) is 23.8 Å². The fourth-order valence-corrected chi connectivity index (χ4v) is 8.16. The van der Waals surface area contributed by atoms with Gasteiger partial charge in [0, 0.05) is 17.9 Å². The minimum absolute atomic E-state index is 0.0180. The van der Waals surface area contributed by atoms with Gasteiger partial charge in [0.05, 0.1) is 23.7 Å². The third-order valence-electron chi connectivity index (χ3n) is 10.9. The van der Waals surface area contributed by atoms with Gasteiger partial charge in [-0.2, -0.15) is 0 Å². The molecule has 0 radical (unpaired) electrons. The van der Waals surface area contributed by atoms with E-state index < -0.39 is 88.9 Å². The van der Waals surface area contributed by atoms with Gasteiger partial charge in [0.25, 0.3) is 0 Å². The highest BCUT2D eigenvalue weighted by Crippen LogP contribution is 2.66. The molecule has 2 saturated carbocycles. The van der Waals surface area contributed by atoms with Gasteiger partial charge in [-0.1, -0.05) is 75.8 Å². The molecule has 5 rings (SSSR count). The standard InChI is InChI=1S/C37H46O11/c1-6-7-8-9-10-11-15-18-26(39)46-31-27-30-34(20-38,48-30)33(42)37(45)25(19-22(4)28(37)40)36(27,44)23(5)29(35(31,43)21(2)3)47-32(41)24-16-13-12-14-17-24/h10-19,23,25,27,29-31,33,38,42-45H,2,6-9,20H2,1,3-5H3/t23-,25+,27+,29-,30+,31-,33-,34+,35+,36+,37-/m1/s1. The maximum Gasteiger partial charge on any atom is 0.338 e. The second kappa shape index (κ2) is 13.1. The Kier molecular flexibility index (Phi) is 9.79. The van der Waals surface area contributed by atoms with Crippen LogP contribution in [0.25, 0.3) is 0 Å². The number of hydrogen-bond donors (Lipinski definition) is 5. The smallest absolute Gasteiger partial charge is 0.338 e. The first-order valence-corrected chi connectivity index (χ1v) is 16.5. The van der Waals surface area contributed by atoms with Crippen molar-refractivity contribution in [1.82, 2.24) is 0 Å². The number of rotatable bonds is 11. The van der Waals surface area contributed by atoms with Crippen LogP contribution in [0, 0.1) is 17.8 Å². The van der Waals surface area contributed by atoms with Crippen LogP contribution >= 0.6 is 0 Å². The molecule has 5 N–H and O–H groups in total. The van der Waals surface area contributed by atoms with E-state index in [4.69, 9.17) is 14.2 Å². The van der Waals surface area contributed by atoms with Crippen molar-refractivity contribution in [2.45, 2.75) is 100 Å². The second-order valence-electron chi connectivity index (χ2n) is 13.7. The molecule has 11 heteroatoms. The van der Waals surface area contributed by atoms with Crippen LogP contribution in [0.5, 0.6) is 0 Å². The van der Waals surface area contributed by atoms with E-state index in [-0.39, 0.29) is 16.7 Å². The van der Waals surface area contributed by atoms with Crippen LogP contribution in [-0.4, -0.2) is 96.7 Å². The molecule has 1 aromatic rings. The van der Waals surface area contributed by atoms with Crippen LogP contribution in [0.2, 0.25) is 0 Å². The van der Waals surface area contributed by atoms with Gasteiger partial charge < -0.3 is 39.7 Å². The molecule has 0 aromatic heterocycles. The average molecular weight is 667 g/mol. The normalized spacial score (nSPS) is 40.1. The van der Waals surface area contributed by atoms with E-state index in [2.05, 4.69) is 13.5 Å². The number of benzene rings is 1. The highest BCUT2D eigenvalue weighted by Gasteiger charge is 2.85. The molecule has 11 atom stereocenters. The number of esters is 2. The van der Waals surface area contributed by atoms with Crippen molar-refractivity contribution < 1.29 is 54.1 Å². The zero-order valence-electron chi connectivity index (χ0n) is 27.7. The van der Waals surface area contributed by atoms with E-state index in [0.717, 1.165) is 31.8 Å². The fourth-order valence-electron chi connectivity index (χ4n) is 8.16. The molecular formula is C37H46O11. The van der Waals surface area contributed by atoms with Crippen molar-refractivity contribution in [1.29, 1.82) is 0 Å². The van der Waals surface area contributed by atoms with Crippen LogP contribution in [0.4, 0.5) is 0 Å². The molecule has 0 spiro atoms. The van der Waals surface area contributed by atoms with Crippen LogP contribution in [0.15, 0.2) is 78.4 Å². The SMILES string of the molecule is C=C(C)[C@@]1(O)[C@H](OC(=O)C=CC=CCCCCC)[C@@H]2[C@@H]3O[C@]3(CO)[C@@H](O)[C@]3(O)C(=O)C(C)=C[C@H]3[C@@]2(O)[C@H](C)[C@H]1OC(=O)c1ccccc1. The number of aliphatic hydroxyl groups excluding tert-OH is 2. The zero-order chi connectivity index (χ0) is 35.2. The monoisotopic (exact) mass is 666 g/mol. The molecule has 0 unspecified atom stereocenters. The molecule has 1 heterocycles. The van der Waals surface area contributed by atoms with Crippen molar-refractivity contribution in [3.8, 4) is 0 Å². The van der Waals surface area contributed by atoms with E-state index in [1.807, 2.05) is 6.08 Å². The number of unbranched alkanes of at least 4 members (excludes halogenated alkanes) is 3. The second-order valence-corrected chi connectivity index (χ2v) is 13.7. The molecule has 3 aliphatic carbocycles. The lowest BCUT2D eigenvalue weighted by molar-refractivity contribution is -0.284. The minimum Gasteiger partial charge on any atom is -0.455 e. The Labute approximate surface area is 280 Å². The third-order valence-corrected chi connectivity index (χ3v) is 10.9. The first kappa shape index (κ1) is 35.8. The van der Waals surface area contributed by atoms with E-state index >= 15 is 0 Å².